The van der Waals surface area contributed by atoms with E-state index in [1.165, 1.54) is 24.3 Å². The molecule has 2 atom stereocenters. The van der Waals surface area contributed by atoms with Crippen molar-refractivity contribution in [2.75, 3.05) is 5.32 Å². The molecule has 2 N–H and O–H groups in total. The second-order valence-electron chi connectivity index (χ2n) is 7.84. The Balaban J connectivity index is 1.53. The molecule has 0 heterocycles. The van der Waals surface area contributed by atoms with Crippen LogP contribution in [0.2, 0.25) is 5.02 Å². The highest BCUT2D eigenvalue weighted by Gasteiger charge is 2.38. The van der Waals surface area contributed by atoms with Crippen LogP contribution >= 0.6 is 11.6 Å². The highest BCUT2D eigenvalue weighted by Crippen LogP contribution is 2.35. The molecule has 0 fully saturated rings. The number of hydrogen-bond donors (Lipinski definition) is 2. The van der Waals surface area contributed by atoms with Crippen LogP contribution < -0.4 is 10.6 Å². The number of rotatable bonds is 5. The van der Waals surface area contributed by atoms with E-state index in [-0.39, 0.29) is 22.0 Å². The number of nitrogens with one attached hydrogen (secondary N) is 2. The van der Waals surface area contributed by atoms with Crippen molar-refractivity contribution in [2.24, 2.45) is 0 Å². The minimum Gasteiger partial charge on any atom is -0.338 e. The van der Waals surface area contributed by atoms with Gasteiger partial charge in [0, 0.05) is 12.1 Å². The molecule has 10 heteroatoms. The van der Waals surface area contributed by atoms with E-state index < -0.39 is 39.9 Å². The van der Waals surface area contributed by atoms with Crippen LogP contribution in [0.1, 0.15) is 22.7 Å². The van der Waals surface area contributed by atoms with E-state index in [9.17, 15) is 22.4 Å². The molecular weight excluding hydrogens is 483 g/mol. The lowest BCUT2D eigenvalue weighted by Crippen LogP contribution is -2.42. The van der Waals surface area contributed by atoms with Gasteiger partial charge < -0.3 is 10.6 Å². The van der Waals surface area contributed by atoms with Gasteiger partial charge in [-0.25, -0.2) is 4.39 Å². The topological polar surface area (TPSA) is 102 Å². The first-order valence-electron chi connectivity index (χ1n) is 10.3. The number of anilines is 1. The third-order valence-electron chi connectivity index (χ3n) is 5.41. The molecule has 3 aromatic rings. The number of hydrogen-bond acceptors (Lipinski definition) is 5. The second kappa shape index (κ2) is 9.54. The number of aryl methyl sites for hydroxylation is 1. The SMILES string of the molecule is Cc1ccc(S(=O)(=O)O[C@@H]2Cc3ccccc3[C@@H]2NC(=O)C(=O)Nc2ccc(Cl)c(F)c2)cc1. The summed E-state index contributed by atoms with van der Waals surface area (Å²) in [6, 6.07) is 15.9. The molecule has 1 aliphatic carbocycles. The Morgan fingerprint density at radius 1 is 1.03 bits per heavy atom. The summed E-state index contributed by atoms with van der Waals surface area (Å²) in [7, 11) is -4.13. The number of amides is 2. The van der Waals surface area contributed by atoms with E-state index in [4.69, 9.17) is 15.8 Å². The predicted octanol–water partition coefficient (Wildman–Crippen LogP) is 3.91. The average molecular weight is 503 g/mol. The van der Waals surface area contributed by atoms with Crippen molar-refractivity contribution in [3.63, 3.8) is 0 Å². The molecule has 0 bridgehead atoms. The molecule has 34 heavy (non-hydrogen) atoms. The lowest BCUT2D eigenvalue weighted by atomic mass is 10.1. The van der Waals surface area contributed by atoms with Crippen LogP contribution in [0.5, 0.6) is 0 Å². The predicted molar refractivity (Wildman–Crippen MR) is 124 cm³/mol. The maximum absolute atomic E-state index is 13.6. The summed E-state index contributed by atoms with van der Waals surface area (Å²) in [5.41, 5.74) is 2.37. The zero-order valence-corrected chi connectivity index (χ0v) is 19.5. The largest absolute Gasteiger partial charge is 0.338 e. The Hall–Kier alpha value is -3.27. The Kier molecular flexibility index (Phi) is 6.70. The van der Waals surface area contributed by atoms with Crippen LogP contribution in [-0.2, 0) is 30.3 Å². The highest BCUT2D eigenvalue weighted by atomic mass is 35.5. The molecule has 0 aromatic heterocycles. The van der Waals surface area contributed by atoms with Crippen LogP contribution in [-0.4, -0.2) is 26.3 Å². The van der Waals surface area contributed by atoms with E-state index in [0.29, 0.717) is 5.56 Å². The number of halogens is 2. The smallest absolute Gasteiger partial charge is 0.313 e. The van der Waals surface area contributed by atoms with Gasteiger partial charge in [0.1, 0.15) is 11.9 Å². The number of carbonyl (C=O) groups excluding carboxylic acids is 2. The summed E-state index contributed by atoms with van der Waals surface area (Å²) in [5, 5.41) is 4.72. The molecule has 176 valence electrons. The number of carbonyl (C=O) groups is 2. The minimum atomic E-state index is -4.13. The van der Waals surface area contributed by atoms with E-state index in [1.807, 2.05) is 6.92 Å². The molecule has 0 unspecified atom stereocenters. The van der Waals surface area contributed by atoms with Crippen LogP contribution in [0.3, 0.4) is 0 Å². The fourth-order valence-electron chi connectivity index (χ4n) is 3.71. The Morgan fingerprint density at radius 2 is 1.74 bits per heavy atom. The normalized spacial score (nSPS) is 17.1. The molecule has 0 spiro atoms. The monoisotopic (exact) mass is 502 g/mol. The minimum absolute atomic E-state index is 0.0124. The maximum atomic E-state index is 13.6. The summed E-state index contributed by atoms with van der Waals surface area (Å²) in [5.74, 6) is -2.83. The fourth-order valence-corrected chi connectivity index (χ4v) is 4.91. The van der Waals surface area contributed by atoms with Crippen molar-refractivity contribution >= 4 is 39.2 Å². The summed E-state index contributed by atoms with van der Waals surface area (Å²) >= 11 is 5.63. The van der Waals surface area contributed by atoms with Gasteiger partial charge in [0.2, 0.25) is 0 Å². The first-order valence-corrected chi connectivity index (χ1v) is 12.1. The summed E-state index contributed by atoms with van der Waals surface area (Å²) in [6.07, 6.45) is -0.746. The molecule has 2 amide bonds. The number of fused-ring (bicyclic) bond motifs is 1. The van der Waals surface area contributed by atoms with Gasteiger partial charge in [-0.05, 0) is 48.4 Å². The summed E-state index contributed by atoms with van der Waals surface area (Å²) < 4.78 is 44.9. The zero-order chi connectivity index (χ0) is 24.5. The van der Waals surface area contributed by atoms with Gasteiger partial charge in [0.15, 0.2) is 0 Å². The van der Waals surface area contributed by atoms with Crippen molar-refractivity contribution in [3.05, 3.63) is 94.3 Å². The van der Waals surface area contributed by atoms with Gasteiger partial charge in [0.05, 0.1) is 16.0 Å². The van der Waals surface area contributed by atoms with Gasteiger partial charge >= 0.3 is 11.8 Å². The van der Waals surface area contributed by atoms with Gasteiger partial charge in [-0.15, -0.1) is 0 Å². The van der Waals surface area contributed by atoms with Gasteiger partial charge in [-0.3, -0.25) is 13.8 Å². The highest BCUT2D eigenvalue weighted by molar-refractivity contribution is 7.86. The second-order valence-corrected chi connectivity index (χ2v) is 9.82. The van der Waals surface area contributed by atoms with Crippen molar-refractivity contribution in [3.8, 4) is 0 Å². The zero-order valence-electron chi connectivity index (χ0n) is 17.9. The quantitative estimate of drug-likeness (QED) is 0.407. The van der Waals surface area contributed by atoms with Crippen molar-refractivity contribution in [2.45, 2.75) is 30.4 Å². The molecule has 3 aromatic carbocycles. The standard InChI is InChI=1S/C24H20ClFN2O5S/c1-14-6-9-17(10-7-14)34(31,32)33-21-12-15-4-2-3-5-18(15)22(21)28-24(30)23(29)27-16-8-11-19(25)20(26)13-16/h2-11,13,21-22H,12H2,1H3,(H,27,29)(H,28,30)/t21-,22+/m1/s1. The van der Waals surface area contributed by atoms with Gasteiger partial charge in [-0.2, -0.15) is 8.42 Å². The first kappa shape index (κ1) is 23.9. The van der Waals surface area contributed by atoms with Gasteiger partial charge in [-0.1, -0.05) is 53.6 Å². The Labute approximate surface area is 201 Å². The van der Waals surface area contributed by atoms with E-state index in [1.54, 1.807) is 36.4 Å². The molecule has 0 saturated carbocycles. The summed E-state index contributed by atoms with van der Waals surface area (Å²) in [4.78, 5) is 25.0. The molecule has 0 saturated heterocycles. The molecular formula is C24H20ClFN2O5S. The van der Waals surface area contributed by atoms with Crippen molar-refractivity contribution in [1.82, 2.24) is 5.32 Å². The van der Waals surface area contributed by atoms with Crippen LogP contribution in [0.15, 0.2) is 71.6 Å². The third kappa shape index (κ3) is 5.11. The molecule has 0 radical (unpaired) electrons. The molecule has 7 nitrogen and oxygen atoms in total. The lowest BCUT2D eigenvalue weighted by Gasteiger charge is -2.22. The van der Waals surface area contributed by atoms with E-state index in [0.717, 1.165) is 17.2 Å². The van der Waals surface area contributed by atoms with Crippen LogP contribution in [0, 0.1) is 12.7 Å². The van der Waals surface area contributed by atoms with E-state index >= 15 is 0 Å². The van der Waals surface area contributed by atoms with Crippen LogP contribution in [0.25, 0.3) is 0 Å². The summed E-state index contributed by atoms with van der Waals surface area (Å²) in [6.45, 7) is 1.83. The van der Waals surface area contributed by atoms with Crippen molar-refractivity contribution in [1.29, 1.82) is 0 Å². The lowest BCUT2D eigenvalue weighted by molar-refractivity contribution is -0.137. The van der Waals surface area contributed by atoms with E-state index in [2.05, 4.69) is 10.6 Å². The molecule has 4 rings (SSSR count). The van der Waals surface area contributed by atoms with Crippen LogP contribution in [0.4, 0.5) is 10.1 Å². The first-order chi connectivity index (χ1) is 16.1. The third-order valence-corrected chi connectivity index (χ3v) is 7.07. The average Bonchev–Trinajstić information content (AvgIpc) is 3.12. The molecule has 0 aliphatic heterocycles. The Bertz CT molecular complexity index is 1360. The fraction of sp³-hybridized carbons (Fsp3) is 0.167. The van der Waals surface area contributed by atoms with Crippen molar-refractivity contribution < 1.29 is 26.6 Å². The van der Waals surface area contributed by atoms with Gasteiger partial charge in [0.25, 0.3) is 10.1 Å². The number of benzene rings is 3. The molecule has 1 aliphatic rings. The Morgan fingerprint density at radius 3 is 2.44 bits per heavy atom. The maximum Gasteiger partial charge on any atom is 0.313 e.